The van der Waals surface area contributed by atoms with Crippen molar-refractivity contribution in [3.63, 3.8) is 0 Å². The Morgan fingerprint density at radius 1 is 0.675 bits per heavy atom. The Bertz CT molecular complexity index is 1340. The van der Waals surface area contributed by atoms with Crippen LogP contribution in [0.1, 0.15) is 44.9 Å². The summed E-state index contributed by atoms with van der Waals surface area (Å²) in [5.41, 5.74) is 0.742. The molecule has 206 valence electrons. The van der Waals surface area contributed by atoms with Gasteiger partial charge in [0.25, 0.3) is 0 Å². The molecule has 0 amide bonds. The molecule has 9 heteroatoms. The van der Waals surface area contributed by atoms with E-state index in [1.165, 1.54) is 0 Å². The zero-order valence-electron chi connectivity index (χ0n) is 21.9. The molecule has 1 aliphatic heterocycles. The lowest BCUT2D eigenvalue weighted by Gasteiger charge is -2.27. The number of rotatable bonds is 9. The van der Waals surface area contributed by atoms with E-state index in [2.05, 4.69) is 0 Å². The zero-order chi connectivity index (χ0) is 28.5. The lowest BCUT2D eigenvalue weighted by atomic mass is 10.0. The fourth-order valence-corrected chi connectivity index (χ4v) is 4.13. The highest BCUT2D eigenvalue weighted by Gasteiger charge is 2.55. The number of esters is 4. The van der Waals surface area contributed by atoms with Gasteiger partial charge in [-0.15, -0.1) is 0 Å². The molecule has 3 aromatic carbocycles. The normalized spacial score (nSPS) is 20.9. The molecule has 0 saturated carbocycles. The van der Waals surface area contributed by atoms with Gasteiger partial charge >= 0.3 is 23.9 Å². The summed E-state index contributed by atoms with van der Waals surface area (Å²) in [7, 11) is 0. The van der Waals surface area contributed by atoms with Crippen LogP contribution < -0.4 is 0 Å². The second-order valence-electron chi connectivity index (χ2n) is 8.81. The number of ether oxygens (including phenoxy) is 5. The summed E-state index contributed by atoms with van der Waals surface area (Å²) in [4.78, 5) is 51.1. The molecule has 5 atom stereocenters. The first-order valence-electron chi connectivity index (χ1n) is 12.6. The molecule has 1 heterocycles. The minimum Gasteiger partial charge on any atom is -0.452 e. The molecule has 0 N–H and O–H groups in total. The summed E-state index contributed by atoms with van der Waals surface area (Å²) in [6.07, 6.45) is -3.29. The third-order valence-electron chi connectivity index (χ3n) is 5.95. The van der Waals surface area contributed by atoms with Gasteiger partial charge in [-0.1, -0.05) is 60.7 Å². The van der Waals surface area contributed by atoms with Crippen LogP contribution in [0.25, 0.3) is 0 Å². The average molecular weight is 545 g/mol. The number of carbonyl (C=O) groups is 4. The first-order valence-corrected chi connectivity index (χ1v) is 12.6. The zero-order valence-corrected chi connectivity index (χ0v) is 21.9. The van der Waals surface area contributed by atoms with Crippen LogP contribution in [0.4, 0.5) is 0 Å². The Hall–Kier alpha value is -4.76. The van der Waals surface area contributed by atoms with Crippen LogP contribution in [0.15, 0.2) is 103 Å². The van der Waals surface area contributed by atoms with E-state index in [4.69, 9.17) is 23.7 Å². The monoisotopic (exact) mass is 544 g/mol. The van der Waals surface area contributed by atoms with E-state index in [1.807, 2.05) is 0 Å². The largest absolute Gasteiger partial charge is 0.452 e. The van der Waals surface area contributed by atoms with Gasteiger partial charge in [0, 0.05) is 6.92 Å². The SMILES string of the molecule is CC=C[C@@H](OC(=O)c1ccccc1)[C@H]1O[C@H](OC(C)=O)[C@H](OC(=O)c2ccccc2)[C@@H]1OC(=O)c1ccccc1. The number of allylic oxidation sites excluding steroid dienone is 1. The topological polar surface area (TPSA) is 114 Å². The maximum Gasteiger partial charge on any atom is 0.338 e. The van der Waals surface area contributed by atoms with Crippen molar-refractivity contribution in [2.45, 2.75) is 44.6 Å². The van der Waals surface area contributed by atoms with Gasteiger partial charge in [-0.3, -0.25) is 4.79 Å². The highest BCUT2D eigenvalue weighted by atomic mass is 16.8. The summed E-state index contributed by atoms with van der Waals surface area (Å²) in [6.45, 7) is 2.87. The van der Waals surface area contributed by atoms with Crippen molar-refractivity contribution in [2.75, 3.05) is 0 Å². The number of benzene rings is 3. The molecule has 0 spiro atoms. The Morgan fingerprint density at radius 2 is 1.12 bits per heavy atom. The van der Waals surface area contributed by atoms with Crippen LogP contribution in [-0.4, -0.2) is 54.6 Å². The van der Waals surface area contributed by atoms with Crippen molar-refractivity contribution in [3.8, 4) is 0 Å². The lowest BCUT2D eigenvalue weighted by molar-refractivity contribution is -0.190. The standard InChI is InChI=1S/C31H28O9/c1-3-13-24(37-28(33)21-14-7-4-8-15-21)25-26(38-29(34)22-16-9-5-10-17-22)27(31(40-25)36-20(2)32)39-30(35)23-18-11-6-12-19-23/h3-19,24-27,31H,1-2H3/t24-,25-,26-,27-,31+/m1/s1. The molecule has 1 aliphatic rings. The van der Waals surface area contributed by atoms with Crippen molar-refractivity contribution in [3.05, 3.63) is 120 Å². The van der Waals surface area contributed by atoms with E-state index in [1.54, 1.807) is 110 Å². The molecule has 40 heavy (non-hydrogen) atoms. The molecular weight excluding hydrogens is 516 g/mol. The van der Waals surface area contributed by atoms with Crippen LogP contribution in [0.5, 0.6) is 0 Å². The van der Waals surface area contributed by atoms with Crippen molar-refractivity contribution in [1.82, 2.24) is 0 Å². The van der Waals surface area contributed by atoms with Crippen molar-refractivity contribution < 1.29 is 42.9 Å². The molecule has 0 aliphatic carbocycles. The van der Waals surface area contributed by atoms with Crippen molar-refractivity contribution in [2.24, 2.45) is 0 Å². The van der Waals surface area contributed by atoms with Gasteiger partial charge in [-0.25, -0.2) is 14.4 Å². The van der Waals surface area contributed by atoms with Crippen molar-refractivity contribution in [1.29, 1.82) is 0 Å². The van der Waals surface area contributed by atoms with Gasteiger partial charge < -0.3 is 23.7 Å². The third-order valence-corrected chi connectivity index (χ3v) is 5.95. The highest BCUT2D eigenvalue weighted by Crippen LogP contribution is 2.33. The molecule has 1 fully saturated rings. The maximum atomic E-state index is 13.1. The van der Waals surface area contributed by atoms with E-state index in [0.29, 0.717) is 0 Å². The first kappa shape index (κ1) is 28.3. The smallest absolute Gasteiger partial charge is 0.338 e. The minimum atomic E-state index is -1.45. The molecule has 0 unspecified atom stereocenters. The second kappa shape index (κ2) is 13.3. The summed E-state index contributed by atoms with van der Waals surface area (Å²) >= 11 is 0. The summed E-state index contributed by atoms with van der Waals surface area (Å²) in [5.74, 6) is -2.87. The molecule has 3 aromatic rings. The highest BCUT2D eigenvalue weighted by molar-refractivity contribution is 5.91. The summed E-state index contributed by atoms with van der Waals surface area (Å²) in [5, 5.41) is 0. The van der Waals surface area contributed by atoms with Crippen LogP contribution >= 0.6 is 0 Å². The molecule has 0 aromatic heterocycles. The van der Waals surface area contributed by atoms with Gasteiger partial charge in [0.15, 0.2) is 12.2 Å². The molecule has 1 saturated heterocycles. The van der Waals surface area contributed by atoms with Gasteiger partial charge in [-0.05, 0) is 49.4 Å². The fourth-order valence-electron chi connectivity index (χ4n) is 4.13. The summed E-state index contributed by atoms with van der Waals surface area (Å²) < 4.78 is 28.6. The lowest BCUT2D eigenvalue weighted by Crippen LogP contribution is -2.45. The Balaban J connectivity index is 1.69. The molecular formula is C31H28O9. The minimum absolute atomic E-state index is 0.223. The van der Waals surface area contributed by atoms with E-state index in [9.17, 15) is 19.2 Å². The first-order chi connectivity index (χ1) is 19.4. The summed E-state index contributed by atoms with van der Waals surface area (Å²) in [6, 6.07) is 24.6. The van der Waals surface area contributed by atoms with E-state index >= 15 is 0 Å². The number of hydrogen-bond acceptors (Lipinski definition) is 9. The van der Waals surface area contributed by atoms with Crippen LogP contribution in [0, 0.1) is 0 Å². The van der Waals surface area contributed by atoms with Crippen LogP contribution in [-0.2, 0) is 28.5 Å². The van der Waals surface area contributed by atoms with Gasteiger partial charge in [0.05, 0.1) is 16.7 Å². The predicted molar refractivity (Wildman–Crippen MR) is 142 cm³/mol. The van der Waals surface area contributed by atoms with Crippen LogP contribution in [0.3, 0.4) is 0 Å². The van der Waals surface area contributed by atoms with E-state index in [0.717, 1.165) is 6.92 Å². The average Bonchev–Trinajstić information content (AvgIpc) is 3.29. The Labute approximate surface area is 231 Å². The molecule has 4 rings (SSSR count). The number of carbonyl (C=O) groups excluding carboxylic acids is 4. The van der Waals surface area contributed by atoms with Gasteiger partial charge in [-0.2, -0.15) is 0 Å². The quantitative estimate of drug-likeness (QED) is 0.218. The Morgan fingerprint density at radius 3 is 1.57 bits per heavy atom. The Kier molecular flexibility index (Phi) is 9.43. The number of hydrogen-bond donors (Lipinski definition) is 0. The molecule has 9 nitrogen and oxygen atoms in total. The third kappa shape index (κ3) is 7.00. The molecule has 0 bridgehead atoms. The van der Waals surface area contributed by atoms with Gasteiger partial charge in [0.2, 0.25) is 12.4 Å². The van der Waals surface area contributed by atoms with Crippen molar-refractivity contribution >= 4 is 23.9 Å². The molecule has 0 radical (unpaired) electrons. The van der Waals surface area contributed by atoms with Gasteiger partial charge in [0.1, 0.15) is 6.10 Å². The van der Waals surface area contributed by atoms with Crippen LogP contribution in [0.2, 0.25) is 0 Å². The predicted octanol–water partition coefficient (Wildman–Crippen LogP) is 4.53. The van der Waals surface area contributed by atoms with E-state index < -0.39 is 54.6 Å². The fraction of sp³-hybridized carbons (Fsp3) is 0.226. The second-order valence-corrected chi connectivity index (χ2v) is 8.81. The van der Waals surface area contributed by atoms with E-state index in [-0.39, 0.29) is 16.7 Å². The maximum absolute atomic E-state index is 13.1.